The van der Waals surface area contributed by atoms with Gasteiger partial charge in [0.1, 0.15) is 5.75 Å². The Bertz CT molecular complexity index is 422. The molecule has 110 valence electrons. The maximum absolute atomic E-state index is 12.0. The van der Waals surface area contributed by atoms with Crippen molar-refractivity contribution in [1.29, 1.82) is 0 Å². The fourth-order valence-electron chi connectivity index (χ4n) is 2.60. The molecule has 2 rings (SSSR count). The van der Waals surface area contributed by atoms with Gasteiger partial charge >= 0.3 is 0 Å². The average Bonchev–Trinajstić information content (AvgIpc) is 2.48. The van der Waals surface area contributed by atoms with Gasteiger partial charge in [0.05, 0.1) is 13.2 Å². The number of carbonyl (C=O) groups is 1. The Morgan fingerprint density at radius 1 is 1.25 bits per heavy atom. The van der Waals surface area contributed by atoms with E-state index in [4.69, 9.17) is 4.74 Å². The molecule has 1 aromatic rings. The van der Waals surface area contributed by atoms with Crippen molar-refractivity contribution in [2.45, 2.75) is 38.2 Å². The van der Waals surface area contributed by atoms with E-state index in [-0.39, 0.29) is 17.9 Å². The molecule has 0 spiro atoms. The number of ether oxygens (including phenoxy) is 1. The highest BCUT2D eigenvalue weighted by Gasteiger charge is 2.24. The summed E-state index contributed by atoms with van der Waals surface area (Å²) in [6.07, 6.45) is 3.71. The van der Waals surface area contributed by atoms with Gasteiger partial charge in [0.25, 0.3) is 0 Å². The molecule has 0 aromatic heterocycles. The Kier molecular flexibility index (Phi) is 5.41. The normalized spacial score (nSPS) is 22.3. The van der Waals surface area contributed by atoms with Gasteiger partial charge in [-0.3, -0.25) is 4.79 Å². The van der Waals surface area contributed by atoms with E-state index in [2.05, 4.69) is 5.32 Å². The van der Waals surface area contributed by atoms with Crippen LogP contribution in [0.5, 0.6) is 5.75 Å². The Balaban J connectivity index is 1.70. The second-order valence-corrected chi connectivity index (χ2v) is 5.39. The van der Waals surface area contributed by atoms with E-state index in [9.17, 15) is 9.90 Å². The minimum atomic E-state index is -0.210. The Labute approximate surface area is 120 Å². The molecule has 0 atom stereocenters. The molecule has 1 aliphatic carbocycles. The lowest BCUT2D eigenvalue weighted by Crippen LogP contribution is -2.35. The van der Waals surface area contributed by atoms with Crippen molar-refractivity contribution >= 4 is 5.91 Å². The van der Waals surface area contributed by atoms with E-state index in [0.29, 0.717) is 6.54 Å². The lowest BCUT2D eigenvalue weighted by atomic mass is 9.87. The summed E-state index contributed by atoms with van der Waals surface area (Å²) < 4.78 is 5.11. The maximum Gasteiger partial charge on any atom is 0.223 e. The zero-order valence-electron chi connectivity index (χ0n) is 12.0. The number of hydrogen-bond acceptors (Lipinski definition) is 3. The van der Waals surface area contributed by atoms with E-state index in [1.807, 2.05) is 24.3 Å². The van der Waals surface area contributed by atoms with Crippen LogP contribution in [0.1, 0.15) is 31.2 Å². The van der Waals surface area contributed by atoms with Crippen molar-refractivity contribution in [2.75, 3.05) is 13.7 Å². The van der Waals surface area contributed by atoms with Crippen molar-refractivity contribution in [3.8, 4) is 5.75 Å². The molecule has 1 aliphatic rings. The molecule has 0 aliphatic heterocycles. The molecule has 0 saturated heterocycles. The monoisotopic (exact) mass is 277 g/mol. The molecule has 20 heavy (non-hydrogen) atoms. The molecule has 4 nitrogen and oxygen atoms in total. The van der Waals surface area contributed by atoms with Crippen molar-refractivity contribution in [1.82, 2.24) is 5.32 Å². The second kappa shape index (κ2) is 7.29. The van der Waals surface area contributed by atoms with Crippen LogP contribution >= 0.6 is 0 Å². The van der Waals surface area contributed by atoms with Crippen LogP contribution in [0.15, 0.2) is 24.3 Å². The Morgan fingerprint density at radius 3 is 2.50 bits per heavy atom. The first-order valence-electron chi connectivity index (χ1n) is 7.27. The van der Waals surface area contributed by atoms with Crippen LogP contribution in [0.2, 0.25) is 0 Å². The predicted octanol–water partition coefficient (Wildman–Crippen LogP) is 1.91. The SMILES string of the molecule is COc1ccc(CCNC(=O)C2CCC(O)CC2)cc1. The van der Waals surface area contributed by atoms with Gasteiger partial charge in [0.15, 0.2) is 0 Å². The number of aliphatic hydroxyl groups is 1. The largest absolute Gasteiger partial charge is 0.497 e. The van der Waals surface area contributed by atoms with Gasteiger partial charge in [-0.05, 0) is 49.8 Å². The highest BCUT2D eigenvalue weighted by atomic mass is 16.5. The van der Waals surface area contributed by atoms with Crippen LogP contribution in [0.3, 0.4) is 0 Å². The third-order valence-electron chi connectivity index (χ3n) is 3.94. The van der Waals surface area contributed by atoms with E-state index < -0.39 is 0 Å². The van der Waals surface area contributed by atoms with Crippen LogP contribution in [0.4, 0.5) is 0 Å². The van der Waals surface area contributed by atoms with Crippen molar-refractivity contribution in [3.63, 3.8) is 0 Å². The summed E-state index contributed by atoms with van der Waals surface area (Å²) >= 11 is 0. The van der Waals surface area contributed by atoms with Crippen LogP contribution in [0, 0.1) is 5.92 Å². The maximum atomic E-state index is 12.0. The first-order valence-corrected chi connectivity index (χ1v) is 7.27. The predicted molar refractivity (Wildman–Crippen MR) is 77.7 cm³/mol. The Hall–Kier alpha value is -1.55. The van der Waals surface area contributed by atoms with Gasteiger partial charge in [0.2, 0.25) is 5.91 Å². The van der Waals surface area contributed by atoms with Crippen LogP contribution in [-0.2, 0) is 11.2 Å². The number of methoxy groups -OCH3 is 1. The van der Waals surface area contributed by atoms with Crippen molar-refractivity contribution in [2.24, 2.45) is 5.92 Å². The zero-order valence-corrected chi connectivity index (χ0v) is 12.0. The fraction of sp³-hybridized carbons (Fsp3) is 0.562. The molecule has 4 heteroatoms. The number of carbonyl (C=O) groups excluding carboxylic acids is 1. The number of benzene rings is 1. The summed E-state index contributed by atoms with van der Waals surface area (Å²) in [5.41, 5.74) is 1.19. The standard InChI is InChI=1S/C16H23NO3/c1-20-15-8-2-12(3-9-15)10-11-17-16(19)13-4-6-14(18)7-5-13/h2-3,8-9,13-14,18H,4-7,10-11H2,1H3,(H,17,19). The van der Waals surface area contributed by atoms with Gasteiger partial charge in [-0.25, -0.2) is 0 Å². The van der Waals surface area contributed by atoms with Crippen LogP contribution in [-0.4, -0.2) is 30.8 Å². The lowest BCUT2D eigenvalue weighted by Gasteiger charge is -2.24. The molecule has 0 bridgehead atoms. The highest BCUT2D eigenvalue weighted by Crippen LogP contribution is 2.24. The van der Waals surface area contributed by atoms with Gasteiger partial charge in [-0.15, -0.1) is 0 Å². The summed E-state index contributed by atoms with van der Waals surface area (Å²) in [7, 11) is 1.65. The van der Waals surface area contributed by atoms with E-state index in [0.717, 1.165) is 37.9 Å². The van der Waals surface area contributed by atoms with Crippen LogP contribution < -0.4 is 10.1 Å². The molecule has 2 N–H and O–H groups in total. The number of nitrogens with one attached hydrogen (secondary N) is 1. The van der Waals surface area contributed by atoms with Gasteiger partial charge < -0.3 is 15.2 Å². The van der Waals surface area contributed by atoms with E-state index in [1.54, 1.807) is 7.11 Å². The van der Waals surface area contributed by atoms with Gasteiger partial charge in [-0.1, -0.05) is 12.1 Å². The molecule has 1 aromatic carbocycles. The number of rotatable bonds is 5. The molecule has 1 amide bonds. The molecule has 0 radical (unpaired) electrons. The average molecular weight is 277 g/mol. The third kappa shape index (κ3) is 4.23. The quantitative estimate of drug-likeness (QED) is 0.864. The van der Waals surface area contributed by atoms with Gasteiger partial charge in [0, 0.05) is 12.5 Å². The fourth-order valence-corrected chi connectivity index (χ4v) is 2.60. The summed E-state index contributed by atoms with van der Waals surface area (Å²) in [6.45, 7) is 0.657. The molecule has 0 unspecified atom stereocenters. The molecule has 1 fully saturated rings. The first-order chi connectivity index (χ1) is 9.69. The molecular formula is C16H23NO3. The number of aliphatic hydroxyl groups excluding tert-OH is 1. The lowest BCUT2D eigenvalue weighted by molar-refractivity contribution is -0.126. The van der Waals surface area contributed by atoms with Crippen LogP contribution in [0.25, 0.3) is 0 Å². The summed E-state index contributed by atoms with van der Waals surface area (Å²) in [5.74, 6) is 1.05. The number of hydrogen-bond donors (Lipinski definition) is 2. The molecule has 1 saturated carbocycles. The topological polar surface area (TPSA) is 58.6 Å². The summed E-state index contributed by atoms with van der Waals surface area (Å²) in [4.78, 5) is 12.0. The van der Waals surface area contributed by atoms with E-state index >= 15 is 0 Å². The van der Waals surface area contributed by atoms with Crippen molar-refractivity contribution < 1.29 is 14.6 Å². The summed E-state index contributed by atoms with van der Waals surface area (Å²) in [6, 6.07) is 7.89. The highest BCUT2D eigenvalue weighted by molar-refractivity contribution is 5.78. The smallest absolute Gasteiger partial charge is 0.223 e. The third-order valence-corrected chi connectivity index (χ3v) is 3.94. The first kappa shape index (κ1) is 14.9. The molecular weight excluding hydrogens is 254 g/mol. The number of amides is 1. The Morgan fingerprint density at radius 2 is 1.90 bits per heavy atom. The minimum Gasteiger partial charge on any atom is -0.497 e. The second-order valence-electron chi connectivity index (χ2n) is 5.39. The van der Waals surface area contributed by atoms with Gasteiger partial charge in [-0.2, -0.15) is 0 Å². The molecule has 0 heterocycles. The summed E-state index contributed by atoms with van der Waals surface area (Å²) in [5, 5.41) is 12.4. The van der Waals surface area contributed by atoms with E-state index in [1.165, 1.54) is 5.56 Å². The minimum absolute atomic E-state index is 0.0780. The van der Waals surface area contributed by atoms with Crippen molar-refractivity contribution in [3.05, 3.63) is 29.8 Å². The zero-order chi connectivity index (χ0) is 14.4.